The predicted molar refractivity (Wildman–Crippen MR) is 182 cm³/mol. The number of pyridine rings is 1. The summed E-state index contributed by atoms with van der Waals surface area (Å²) in [6, 6.07) is 18.9. The fourth-order valence-electron chi connectivity index (χ4n) is 6.10. The highest BCUT2D eigenvalue weighted by molar-refractivity contribution is 6.29. The van der Waals surface area contributed by atoms with Crippen molar-refractivity contribution in [1.29, 1.82) is 0 Å². The van der Waals surface area contributed by atoms with Crippen LogP contribution < -0.4 is 5.32 Å². The minimum atomic E-state index is -0.985. The lowest BCUT2D eigenvalue weighted by Crippen LogP contribution is -2.21. The van der Waals surface area contributed by atoms with E-state index in [1.54, 1.807) is 12.1 Å². The number of aryl methyl sites for hydroxylation is 1. The van der Waals surface area contributed by atoms with Gasteiger partial charge in [0.1, 0.15) is 17.9 Å². The van der Waals surface area contributed by atoms with Crippen LogP contribution in [0.4, 0.5) is 5.69 Å². The normalized spacial score (nSPS) is 16.3. The molecule has 0 saturated heterocycles. The summed E-state index contributed by atoms with van der Waals surface area (Å²) < 4.78 is 0. The highest BCUT2D eigenvalue weighted by Gasteiger charge is 2.41. The van der Waals surface area contributed by atoms with Gasteiger partial charge in [-0.25, -0.2) is 4.98 Å². The maximum atomic E-state index is 13.6. The van der Waals surface area contributed by atoms with Crippen LogP contribution in [0.1, 0.15) is 123 Å². The maximum absolute atomic E-state index is 13.6. The number of carbonyl (C=O) groups excluding carboxylic acids is 2. The summed E-state index contributed by atoms with van der Waals surface area (Å²) in [5.41, 5.74) is 5.76. The Kier molecular flexibility index (Phi) is 8.20. The van der Waals surface area contributed by atoms with Crippen LogP contribution in [0.2, 0.25) is 0 Å². The van der Waals surface area contributed by atoms with Crippen molar-refractivity contribution in [2.24, 2.45) is 0 Å². The molecule has 1 aliphatic carbocycles. The number of para-hydroxylation sites is 1. The van der Waals surface area contributed by atoms with Crippen molar-refractivity contribution in [3.8, 4) is 5.75 Å². The number of aliphatic hydroxyl groups excluding tert-OH is 1. The highest BCUT2D eigenvalue weighted by Crippen LogP contribution is 2.40. The molecule has 6 heteroatoms. The van der Waals surface area contributed by atoms with Crippen molar-refractivity contribution < 1.29 is 19.8 Å². The molecule has 1 aliphatic rings. The van der Waals surface area contributed by atoms with E-state index in [2.05, 4.69) is 67.6 Å². The maximum Gasteiger partial charge on any atom is 0.180 e. The Morgan fingerprint density at radius 2 is 1.40 bits per heavy atom. The van der Waals surface area contributed by atoms with Crippen LogP contribution in [0.3, 0.4) is 0 Å². The zero-order valence-corrected chi connectivity index (χ0v) is 28.0. The number of benzene rings is 3. The molecule has 1 aromatic heterocycles. The molecule has 0 aliphatic heterocycles. The van der Waals surface area contributed by atoms with Gasteiger partial charge in [0.2, 0.25) is 0 Å². The van der Waals surface area contributed by atoms with Gasteiger partial charge in [0.05, 0.1) is 16.9 Å². The SMILES string of the molecule is CC(C)(C)c1ccc2c(c1)C(=O)C(c1ccc3cccc(NC(O)CCc4cc(C(C)(C)C)c(O)c(C(C)(C)C)c4)c3n1)C2=O. The molecule has 1 heterocycles. The molecular formula is C39H46N2O4. The zero-order chi connectivity index (χ0) is 33.1. The molecule has 0 amide bonds. The fraction of sp³-hybridized carbons (Fsp3) is 0.410. The third kappa shape index (κ3) is 6.39. The molecule has 0 bridgehead atoms. The summed E-state index contributed by atoms with van der Waals surface area (Å²) in [6.45, 7) is 18.8. The van der Waals surface area contributed by atoms with Crippen molar-refractivity contribution in [2.45, 2.75) is 104 Å². The van der Waals surface area contributed by atoms with Gasteiger partial charge in [-0.3, -0.25) is 9.59 Å². The first-order chi connectivity index (χ1) is 20.9. The summed E-state index contributed by atoms with van der Waals surface area (Å²) in [4.78, 5) is 31.8. The molecule has 2 atom stereocenters. The van der Waals surface area contributed by atoms with E-state index in [1.807, 2.05) is 48.5 Å². The van der Waals surface area contributed by atoms with Gasteiger partial charge in [-0.15, -0.1) is 0 Å². The van der Waals surface area contributed by atoms with Crippen molar-refractivity contribution >= 4 is 28.2 Å². The first-order valence-electron chi connectivity index (χ1n) is 15.8. The van der Waals surface area contributed by atoms with E-state index >= 15 is 0 Å². The summed E-state index contributed by atoms with van der Waals surface area (Å²) in [5, 5.41) is 26.2. The smallest absolute Gasteiger partial charge is 0.180 e. The number of fused-ring (bicyclic) bond motifs is 2. The van der Waals surface area contributed by atoms with E-state index in [9.17, 15) is 19.8 Å². The van der Waals surface area contributed by atoms with E-state index in [0.29, 0.717) is 46.6 Å². The lowest BCUT2D eigenvalue weighted by atomic mass is 9.78. The summed E-state index contributed by atoms with van der Waals surface area (Å²) in [5.74, 6) is -1.10. The number of aromatic hydroxyl groups is 1. The molecule has 4 aromatic rings. The number of ketones is 2. The van der Waals surface area contributed by atoms with Gasteiger partial charge in [-0.05, 0) is 69.5 Å². The average Bonchev–Trinajstić information content (AvgIpc) is 3.19. The van der Waals surface area contributed by atoms with Crippen molar-refractivity contribution in [2.75, 3.05) is 5.32 Å². The second kappa shape index (κ2) is 11.4. The van der Waals surface area contributed by atoms with Gasteiger partial charge in [-0.2, -0.15) is 0 Å². The van der Waals surface area contributed by atoms with Crippen LogP contribution >= 0.6 is 0 Å². The van der Waals surface area contributed by atoms with E-state index in [1.165, 1.54) is 0 Å². The number of carbonyl (C=O) groups is 2. The third-order valence-corrected chi connectivity index (χ3v) is 8.79. The van der Waals surface area contributed by atoms with E-state index in [0.717, 1.165) is 27.6 Å². The van der Waals surface area contributed by atoms with Gasteiger partial charge in [0.15, 0.2) is 11.6 Å². The molecule has 5 rings (SSSR count). The highest BCUT2D eigenvalue weighted by atomic mass is 16.3. The first-order valence-corrected chi connectivity index (χ1v) is 15.8. The number of Topliss-reactive ketones (excluding diaryl/α,β-unsaturated/α-hetero) is 2. The molecule has 0 radical (unpaired) electrons. The monoisotopic (exact) mass is 606 g/mol. The Hall–Kier alpha value is -4.03. The van der Waals surface area contributed by atoms with E-state index in [4.69, 9.17) is 4.98 Å². The molecule has 3 N–H and O–H groups in total. The Labute approximate surface area is 266 Å². The second-order valence-electron chi connectivity index (χ2n) is 15.5. The number of rotatable bonds is 6. The number of phenolic OH excluding ortho intramolecular Hbond substituents is 1. The Morgan fingerprint density at radius 1 is 0.778 bits per heavy atom. The van der Waals surface area contributed by atoms with Crippen LogP contribution in [0, 0.1) is 0 Å². The standard InChI is InChI=1S/C39H46N2O4/c1-37(2,3)24-15-16-25-26(21-24)35(44)32(34(25)43)29-17-14-23-11-10-12-30(33(23)41-29)40-31(42)18-13-22-19-27(38(4,5)6)36(45)28(20-22)39(7,8)9/h10-12,14-17,19-21,31-32,40,42,45H,13,18H2,1-9H3. The quantitative estimate of drug-likeness (QED) is 0.151. The number of nitrogens with one attached hydrogen (secondary N) is 1. The lowest BCUT2D eigenvalue weighted by Gasteiger charge is -2.28. The van der Waals surface area contributed by atoms with Gasteiger partial charge >= 0.3 is 0 Å². The minimum Gasteiger partial charge on any atom is -0.507 e. The molecule has 0 spiro atoms. The molecule has 0 fully saturated rings. The van der Waals surface area contributed by atoms with Gasteiger partial charge in [0.25, 0.3) is 0 Å². The fourth-order valence-corrected chi connectivity index (χ4v) is 6.10. The van der Waals surface area contributed by atoms with Crippen LogP contribution in [0.15, 0.2) is 60.7 Å². The number of hydrogen-bond acceptors (Lipinski definition) is 6. The number of aromatic nitrogens is 1. The number of hydrogen-bond donors (Lipinski definition) is 3. The largest absolute Gasteiger partial charge is 0.507 e. The number of anilines is 1. The van der Waals surface area contributed by atoms with Crippen LogP contribution in [0.25, 0.3) is 10.9 Å². The Balaban J connectivity index is 1.39. The minimum absolute atomic E-state index is 0.148. The second-order valence-corrected chi connectivity index (χ2v) is 15.5. The molecule has 3 aromatic carbocycles. The average molecular weight is 607 g/mol. The molecule has 2 unspecified atom stereocenters. The van der Waals surface area contributed by atoms with Crippen molar-refractivity contribution in [1.82, 2.24) is 4.98 Å². The third-order valence-electron chi connectivity index (χ3n) is 8.79. The van der Waals surface area contributed by atoms with E-state index in [-0.39, 0.29) is 27.8 Å². The van der Waals surface area contributed by atoms with Crippen LogP contribution in [-0.4, -0.2) is 33.0 Å². The predicted octanol–water partition coefficient (Wildman–Crippen LogP) is 8.36. The summed E-state index contributed by atoms with van der Waals surface area (Å²) in [6.07, 6.45) is 0.157. The van der Waals surface area contributed by atoms with Crippen molar-refractivity contribution in [3.05, 3.63) is 99.7 Å². The topological polar surface area (TPSA) is 99.5 Å². The zero-order valence-electron chi connectivity index (χ0n) is 28.0. The first kappa shape index (κ1) is 32.4. The van der Waals surface area contributed by atoms with E-state index < -0.39 is 12.1 Å². The van der Waals surface area contributed by atoms with Crippen LogP contribution in [0.5, 0.6) is 5.75 Å². The van der Waals surface area contributed by atoms with Crippen molar-refractivity contribution in [3.63, 3.8) is 0 Å². The summed E-state index contributed by atoms with van der Waals surface area (Å²) in [7, 11) is 0. The lowest BCUT2D eigenvalue weighted by molar-refractivity contribution is 0.0888. The summed E-state index contributed by atoms with van der Waals surface area (Å²) >= 11 is 0. The molecule has 6 nitrogen and oxygen atoms in total. The molecular weight excluding hydrogens is 560 g/mol. The molecule has 45 heavy (non-hydrogen) atoms. The van der Waals surface area contributed by atoms with Gasteiger partial charge in [0, 0.05) is 16.5 Å². The Bertz CT molecular complexity index is 1770. The Morgan fingerprint density at radius 3 is 2.00 bits per heavy atom. The molecule has 236 valence electrons. The van der Waals surface area contributed by atoms with Gasteiger partial charge in [-0.1, -0.05) is 105 Å². The number of phenols is 1. The van der Waals surface area contributed by atoms with Gasteiger partial charge < -0.3 is 15.5 Å². The number of aliphatic hydroxyl groups is 1. The molecule has 0 saturated carbocycles. The number of nitrogens with zero attached hydrogens (tertiary/aromatic N) is 1. The van der Waals surface area contributed by atoms with Crippen LogP contribution in [-0.2, 0) is 22.7 Å².